The second kappa shape index (κ2) is 7.89. The molecule has 1 saturated heterocycles. The molecule has 1 aromatic carbocycles. The van der Waals surface area contributed by atoms with Gasteiger partial charge in [0.1, 0.15) is 0 Å². The molecule has 0 aromatic heterocycles. The Morgan fingerprint density at radius 2 is 1.64 bits per heavy atom. The Kier molecular flexibility index (Phi) is 6.16. The average molecular weight is 302 g/mol. The Bertz CT molecular complexity index is 473. The van der Waals surface area contributed by atoms with Gasteiger partial charge in [0, 0.05) is 44.2 Å². The summed E-state index contributed by atoms with van der Waals surface area (Å²) in [6, 6.07) is 8.25. The summed E-state index contributed by atoms with van der Waals surface area (Å²) in [5.74, 6) is 0.957. The lowest BCUT2D eigenvalue weighted by Crippen LogP contribution is -2.43. The van der Waals surface area contributed by atoms with Gasteiger partial charge in [0.05, 0.1) is 0 Å². The highest BCUT2D eigenvalue weighted by Gasteiger charge is 2.17. The topological polar surface area (TPSA) is 23.6 Å². The highest BCUT2D eigenvalue weighted by Crippen LogP contribution is 2.18. The van der Waals surface area contributed by atoms with Crippen LogP contribution >= 0.6 is 0 Å². The van der Waals surface area contributed by atoms with Crippen LogP contribution in [0.4, 0.5) is 0 Å². The first kappa shape index (κ1) is 17.2. The number of rotatable bonds is 6. The van der Waals surface area contributed by atoms with E-state index in [-0.39, 0.29) is 11.7 Å². The molecular formula is C19H30N2O. The van der Waals surface area contributed by atoms with Gasteiger partial charge in [-0.2, -0.15) is 0 Å². The van der Waals surface area contributed by atoms with Crippen LogP contribution in [0.3, 0.4) is 0 Å². The van der Waals surface area contributed by atoms with Crippen LogP contribution in [-0.4, -0.2) is 48.8 Å². The van der Waals surface area contributed by atoms with Crippen molar-refractivity contribution in [3.8, 4) is 0 Å². The summed E-state index contributed by atoms with van der Waals surface area (Å²) in [7, 11) is 2.18. The summed E-state index contributed by atoms with van der Waals surface area (Å²) in [6.45, 7) is 11.9. The number of carbonyl (C=O) groups is 1. The summed E-state index contributed by atoms with van der Waals surface area (Å²) in [6.07, 6.45) is 0.960. The van der Waals surface area contributed by atoms with Crippen LogP contribution in [0, 0.1) is 11.8 Å². The quantitative estimate of drug-likeness (QED) is 0.753. The van der Waals surface area contributed by atoms with E-state index in [1.54, 1.807) is 0 Å². The van der Waals surface area contributed by atoms with Crippen molar-refractivity contribution in [2.24, 2.45) is 11.8 Å². The smallest absolute Gasteiger partial charge is 0.165 e. The lowest BCUT2D eigenvalue weighted by Gasteiger charge is -2.32. The lowest BCUT2D eigenvalue weighted by atomic mass is 9.91. The molecular weight excluding hydrogens is 272 g/mol. The summed E-state index contributed by atoms with van der Waals surface area (Å²) < 4.78 is 0. The van der Waals surface area contributed by atoms with Gasteiger partial charge < -0.3 is 4.90 Å². The number of Topliss-reactive ketones (excluding diaryl/α,β-unsaturated/α-hetero) is 1. The summed E-state index contributed by atoms with van der Waals surface area (Å²) in [4.78, 5) is 17.3. The van der Waals surface area contributed by atoms with Crippen LogP contribution in [0.2, 0.25) is 0 Å². The SMILES string of the molecule is CC(C)CC(C)C(=O)c1ccc(CN2CCN(C)CC2)cc1. The third-order valence-electron chi connectivity index (χ3n) is 4.51. The Labute approximate surface area is 135 Å². The lowest BCUT2D eigenvalue weighted by molar-refractivity contribution is 0.0915. The molecule has 122 valence electrons. The first-order valence-corrected chi connectivity index (χ1v) is 8.49. The zero-order valence-electron chi connectivity index (χ0n) is 14.5. The van der Waals surface area contributed by atoms with Gasteiger partial charge in [-0.15, -0.1) is 0 Å². The van der Waals surface area contributed by atoms with Gasteiger partial charge in [0.25, 0.3) is 0 Å². The van der Waals surface area contributed by atoms with Crippen LogP contribution in [0.1, 0.15) is 43.1 Å². The van der Waals surface area contributed by atoms with Gasteiger partial charge >= 0.3 is 0 Å². The Balaban J connectivity index is 1.91. The summed E-state index contributed by atoms with van der Waals surface area (Å²) in [5, 5.41) is 0. The predicted molar refractivity (Wildman–Crippen MR) is 92.2 cm³/mol. The molecule has 1 aliphatic heterocycles. The third-order valence-corrected chi connectivity index (χ3v) is 4.51. The van der Waals surface area contributed by atoms with E-state index in [1.165, 1.54) is 5.56 Å². The first-order chi connectivity index (χ1) is 10.5. The van der Waals surface area contributed by atoms with Crippen molar-refractivity contribution in [1.82, 2.24) is 9.80 Å². The molecule has 1 aromatic rings. The average Bonchev–Trinajstić information content (AvgIpc) is 2.49. The second-order valence-electron chi connectivity index (χ2n) is 7.17. The van der Waals surface area contributed by atoms with Gasteiger partial charge in [-0.05, 0) is 24.9 Å². The summed E-state index contributed by atoms with van der Waals surface area (Å²) in [5.41, 5.74) is 2.16. The molecule has 0 saturated carbocycles. The van der Waals surface area contributed by atoms with Crippen LogP contribution in [-0.2, 0) is 6.54 Å². The van der Waals surface area contributed by atoms with Crippen molar-refractivity contribution in [2.45, 2.75) is 33.7 Å². The maximum Gasteiger partial charge on any atom is 0.165 e. The third kappa shape index (κ3) is 4.92. The van der Waals surface area contributed by atoms with Crippen LogP contribution < -0.4 is 0 Å². The number of nitrogens with zero attached hydrogens (tertiary/aromatic N) is 2. The largest absolute Gasteiger partial charge is 0.304 e. The van der Waals surface area contributed by atoms with Crippen molar-refractivity contribution in [2.75, 3.05) is 33.2 Å². The van der Waals surface area contributed by atoms with Crippen molar-refractivity contribution in [1.29, 1.82) is 0 Å². The van der Waals surface area contributed by atoms with Crippen molar-refractivity contribution < 1.29 is 4.79 Å². The molecule has 0 aliphatic carbocycles. The van der Waals surface area contributed by atoms with Gasteiger partial charge in [-0.3, -0.25) is 9.69 Å². The number of hydrogen-bond donors (Lipinski definition) is 0. The van der Waals surface area contributed by atoms with E-state index in [2.05, 4.69) is 42.8 Å². The van der Waals surface area contributed by atoms with Crippen LogP contribution in [0.15, 0.2) is 24.3 Å². The Hall–Kier alpha value is -1.19. The molecule has 0 spiro atoms. The molecule has 3 heteroatoms. The van der Waals surface area contributed by atoms with Gasteiger partial charge in [0.15, 0.2) is 5.78 Å². The van der Waals surface area contributed by atoms with E-state index in [0.29, 0.717) is 5.92 Å². The standard InChI is InChI=1S/C19H30N2O/c1-15(2)13-16(3)19(22)18-7-5-17(6-8-18)14-21-11-9-20(4)10-12-21/h5-8,15-16H,9-14H2,1-4H3. The fourth-order valence-corrected chi connectivity index (χ4v) is 3.14. The zero-order valence-corrected chi connectivity index (χ0v) is 14.5. The van der Waals surface area contributed by atoms with Crippen LogP contribution in [0.5, 0.6) is 0 Å². The van der Waals surface area contributed by atoms with Crippen molar-refractivity contribution in [3.63, 3.8) is 0 Å². The number of hydrogen-bond acceptors (Lipinski definition) is 3. The molecule has 0 N–H and O–H groups in total. The number of benzene rings is 1. The Morgan fingerprint density at radius 3 is 2.18 bits per heavy atom. The fourth-order valence-electron chi connectivity index (χ4n) is 3.14. The molecule has 1 unspecified atom stereocenters. The van der Waals surface area contributed by atoms with E-state index in [1.807, 2.05) is 19.1 Å². The molecule has 1 heterocycles. The van der Waals surface area contributed by atoms with E-state index in [9.17, 15) is 4.79 Å². The molecule has 2 rings (SSSR count). The van der Waals surface area contributed by atoms with Crippen molar-refractivity contribution in [3.05, 3.63) is 35.4 Å². The molecule has 0 bridgehead atoms. The predicted octanol–water partition coefficient (Wildman–Crippen LogP) is 3.30. The zero-order chi connectivity index (χ0) is 16.1. The number of ketones is 1. The molecule has 0 radical (unpaired) electrons. The second-order valence-corrected chi connectivity index (χ2v) is 7.17. The number of piperazine rings is 1. The van der Waals surface area contributed by atoms with Crippen molar-refractivity contribution >= 4 is 5.78 Å². The Morgan fingerprint density at radius 1 is 1.05 bits per heavy atom. The molecule has 3 nitrogen and oxygen atoms in total. The summed E-state index contributed by atoms with van der Waals surface area (Å²) >= 11 is 0. The highest BCUT2D eigenvalue weighted by molar-refractivity contribution is 5.97. The monoisotopic (exact) mass is 302 g/mol. The minimum absolute atomic E-state index is 0.114. The first-order valence-electron chi connectivity index (χ1n) is 8.49. The van der Waals surface area contributed by atoms with Gasteiger partial charge in [-0.25, -0.2) is 0 Å². The van der Waals surface area contributed by atoms with E-state index >= 15 is 0 Å². The van der Waals surface area contributed by atoms with Crippen LogP contribution in [0.25, 0.3) is 0 Å². The molecule has 1 aliphatic rings. The van der Waals surface area contributed by atoms with E-state index in [4.69, 9.17) is 0 Å². The normalized spacial score (nSPS) is 18.6. The highest BCUT2D eigenvalue weighted by atomic mass is 16.1. The fraction of sp³-hybridized carbons (Fsp3) is 0.632. The molecule has 1 fully saturated rings. The minimum atomic E-state index is 0.114. The minimum Gasteiger partial charge on any atom is -0.304 e. The van der Waals surface area contributed by atoms with Gasteiger partial charge in [0.2, 0.25) is 0 Å². The maximum atomic E-state index is 12.4. The number of likely N-dealkylation sites (N-methyl/N-ethyl adjacent to an activating group) is 1. The van der Waals surface area contributed by atoms with E-state index < -0.39 is 0 Å². The molecule has 0 amide bonds. The van der Waals surface area contributed by atoms with E-state index in [0.717, 1.165) is 44.7 Å². The number of carbonyl (C=O) groups excluding carboxylic acids is 1. The maximum absolute atomic E-state index is 12.4. The van der Waals surface area contributed by atoms with Gasteiger partial charge in [-0.1, -0.05) is 45.0 Å². The molecule has 1 atom stereocenters. The molecule has 22 heavy (non-hydrogen) atoms.